The quantitative estimate of drug-likeness (QED) is 0.856. The van der Waals surface area contributed by atoms with Crippen LogP contribution in [0.4, 0.5) is 5.69 Å². The monoisotopic (exact) mass is 368 g/mol. The summed E-state index contributed by atoms with van der Waals surface area (Å²) in [6.07, 6.45) is 4.16. The number of carboxylic acid groups (broad SMARTS) is 1. The molecule has 3 rings (SSSR count). The summed E-state index contributed by atoms with van der Waals surface area (Å²) >= 11 is 0. The van der Waals surface area contributed by atoms with Gasteiger partial charge in [0.25, 0.3) is 11.8 Å². The highest BCUT2D eigenvalue weighted by Gasteiger charge is 2.21. The standard InChI is InChI=1S/C19H20N4O4/c1-12-6-8-23(9-7-12)18(25)13-2-4-14(5-3-13)22-17(24)15-10-21-16(11-20-15)19(26)27/h2-5,10-12H,6-9H2,1H3,(H,22,24)(H,26,27). The highest BCUT2D eigenvalue weighted by Crippen LogP contribution is 2.19. The summed E-state index contributed by atoms with van der Waals surface area (Å²) in [5.74, 6) is -1.07. The van der Waals surface area contributed by atoms with Gasteiger partial charge in [-0.1, -0.05) is 6.92 Å². The Balaban J connectivity index is 1.62. The average molecular weight is 368 g/mol. The maximum absolute atomic E-state index is 12.5. The van der Waals surface area contributed by atoms with Crippen molar-refractivity contribution in [3.63, 3.8) is 0 Å². The van der Waals surface area contributed by atoms with E-state index in [2.05, 4.69) is 22.2 Å². The molecule has 1 aliphatic rings. The normalized spacial score (nSPS) is 14.6. The van der Waals surface area contributed by atoms with Gasteiger partial charge in [0.2, 0.25) is 0 Å². The number of carbonyl (C=O) groups excluding carboxylic acids is 2. The molecule has 0 aliphatic carbocycles. The van der Waals surface area contributed by atoms with Crippen molar-refractivity contribution in [3.05, 3.63) is 53.6 Å². The Morgan fingerprint density at radius 1 is 1.04 bits per heavy atom. The molecule has 2 N–H and O–H groups in total. The molecule has 1 fully saturated rings. The lowest BCUT2D eigenvalue weighted by Crippen LogP contribution is -2.37. The van der Waals surface area contributed by atoms with E-state index in [9.17, 15) is 14.4 Å². The number of amides is 2. The van der Waals surface area contributed by atoms with Crippen LogP contribution >= 0.6 is 0 Å². The maximum atomic E-state index is 12.5. The van der Waals surface area contributed by atoms with Gasteiger partial charge >= 0.3 is 5.97 Å². The molecule has 0 radical (unpaired) electrons. The van der Waals surface area contributed by atoms with E-state index in [4.69, 9.17) is 5.11 Å². The topological polar surface area (TPSA) is 112 Å². The molecule has 140 valence electrons. The third-order valence-electron chi connectivity index (χ3n) is 4.56. The molecule has 1 aromatic carbocycles. The predicted molar refractivity (Wildman–Crippen MR) is 97.7 cm³/mol. The molecule has 1 aromatic heterocycles. The number of nitrogens with one attached hydrogen (secondary N) is 1. The Morgan fingerprint density at radius 3 is 2.19 bits per heavy atom. The van der Waals surface area contributed by atoms with Gasteiger partial charge < -0.3 is 15.3 Å². The van der Waals surface area contributed by atoms with E-state index in [1.807, 2.05) is 4.90 Å². The molecule has 0 bridgehead atoms. The number of benzene rings is 1. The van der Waals surface area contributed by atoms with Crippen LogP contribution in [0.1, 0.15) is 51.1 Å². The minimum Gasteiger partial charge on any atom is -0.476 e. The first-order chi connectivity index (χ1) is 12.9. The molecule has 8 nitrogen and oxygen atoms in total. The number of carboxylic acids is 1. The minimum absolute atomic E-state index is 0.00240. The third-order valence-corrected chi connectivity index (χ3v) is 4.56. The number of likely N-dealkylation sites (tertiary alicyclic amines) is 1. The molecule has 27 heavy (non-hydrogen) atoms. The predicted octanol–water partition coefficient (Wildman–Crippen LogP) is 2.30. The van der Waals surface area contributed by atoms with Crippen LogP contribution in [0.2, 0.25) is 0 Å². The van der Waals surface area contributed by atoms with Crippen molar-refractivity contribution in [1.29, 1.82) is 0 Å². The lowest BCUT2D eigenvalue weighted by Gasteiger charge is -2.30. The molecule has 2 amide bonds. The fraction of sp³-hybridized carbons (Fsp3) is 0.316. The van der Waals surface area contributed by atoms with E-state index in [0.717, 1.165) is 38.3 Å². The van der Waals surface area contributed by atoms with Crippen LogP contribution in [0.5, 0.6) is 0 Å². The first kappa shape index (κ1) is 18.5. The molecule has 1 saturated heterocycles. The summed E-state index contributed by atoms with van der Waals surface area (Å²) in [7, 11) is 0. The van der Waals surface area contributed by atoms with E-state index >= 15 is 0 Å². The highest BCUT2D eigenvalue weighted by atomic mass is 16.4. The summed E-state index contributed by atoms with van der Waals surface area (Å²) < 4.78 is 0. The number of hydrogen-bond acceptors (Lipinski definition) is 5. The fourth-order valence-electron chi connectivity index (χ4n) is 2.84. The second kappa shape index (κ2) is 7.94. The summed E-state index contributed by atoms with van der Waals surface area (Å²) in [4.78, 5) is 44.7. The zero-order valence-electron chi connectivity index (χ0n) is 14.9. The Bertz CT molecular complexity index is 841. The van der Waals surface area contributed by atoms with E-state index in [1.165, 1.54) is 0 Å². The van der Waals surface area contributed by atoms with Gasteiger partial charge in [-0.3, -0.25) is 9.59 Å². The summed E-state index contributed by atoms with van der Waals surface area (Å²) in [5.41, 5.74) is 0.852. The van der Waals surface area contributed by atoms with Crippen LogP contribution in [-0.2, 0) is 0 Å². The van der Waals surface area contributed by atoms with Gasteiger partial charge in [0.05, 0.1) is 12.4 Å². The van der Waals surface area contributed by atoms with Gasteiger partial charge in [-0.25, -0.2) is 14.8 Å². The Hall–Kier alpha value is -3.29. The zero-order valence-corrected chi connectivity index (χ0v) is 14.9. The summed E-state index contributed by atoms with van der Waals surface area (Å²) in [5, 5.41) is 11.4. The maximum Gasteiger partial charge on any atom is 0.356 e. The number of carbonyl (C=O) groups is 3. The van der Waals surface area contributed by atoms with Crippen molar-refractivity contribution in [2.75, 3.05) is 18.4 Å². The van der Waals surface area contributed by atoms with Gasteiger partial charge in [0.1, 0.15) is 5.69 Å². The van der Waals surface area contributed by atoms with Gasteiger partial charge in [-0.05, 0) is 43.0 Å². The lowest BCUT2D eigenvalue weighted by molar-refractivity contribution is 0.0683. The smallest absolute Gasteiger partial charge is 0.356 e. The fourth-order valence-corrected chi connectivity index (χ4v) is 2.84. The van der Waals surface area contributed by atoms with E-state index in [1.54, 1.807) is 24.3 Å². The van der Waals surface area contributed by atoms with Crippen LogP contribution in [0.3, 0.4) is 0 Å². The number of aromatic nitrogens is 2. The zero-order chi connectivity index (χ0) is 19.4. The third kappa shape index (κ3) is 4.46. The second-order valence-electron chi connectivity index (χ2n) is 6.60. The van der Waals surface area contributed by atoms with Crippen molar-refractivity contribution < 1.29 is 19.5 Å². The molecule has 0 unspecified atom stereocenters. The summed E-state index contributed by atoms with van der Waals surface area (Å²) in [6.45, 7) is 3.73. The van der Waals surface area contributed by atoms with Gasteiger partial charge in [0, 0.05) is 24.3 Å². The van der Waals surface area contributed by atoms with Crippen LogP contribution in [0.25, 0.3) is 0 Å². The molecular formula is C19H20N4O4. The molecule has 8 heteroatoms. The number of aromatic carboxylic acids is 1. The van der Waals surface area contributed by atoms with Crippen LogP contribution < -0.4 is 5.32 Å². The second-order valence-corrected chi connectivity index (χ2v) is 6.60. The molecule has 0 saturated carbocycles. The van der Waals surface area contributed by atoms with Crippen molar-refractivity contribution >= 4 is 23.5 Å². The lowest BCUT2D eigenvalue weighted by atomic mass is 9.98. The molecule has 1 aliphatic heterocycles. The Labute approximate surface area is 156 Å². The number of nitrogens with zero attached hydrogens (tertiary/aromatic N) is 3. The Kier molecular flexibility index (Phi) is 5.44. The number of rotatable bonds is 4. The van der Waals surface area contributed by atoms with Gasteiger partial charge in [-0.15, -0.1) is 0 Å². The van der Waals surface area contributed by atoms with E-state index in [0.29, 0.717) is 17.2 Å². The van der Waals surface area contributed by atoms with E-state index in [-0.39, 0.29) is 17.3 Å². The molecule has 2 aromatic rings. The van der Waals surface area contributed by atoms with Crippen molar-refractivity contribution in [2.24, 2.45) is 5.92 Å². The molecule has 0 atom stereocenters. The summed E-state index contributed by atoms with van der Waals surface area (Å²) in [6, 6.07) is 6.65. The molecular weight excluding hydrogens is 348 g/mol. The average Bonchev–Trinajstić information content (AvgIpc) is 2.68. The SMILES string of the molecule is CC1CCN(C(=O)c2ccc(NC(=O)c3cnc(C(=O)O)cn3)cc2)CC1. The first-order valence-corrected chi connectivity index (χ1v) is 8.70. The Morgan fingerprint density at radius 2 is 1.63 bits per heavy atom. The van der Waals surface area contributed by atoms with Gasteiger partial charge in [-0.2, -0.15) is 0 Å². The number of piperidine rings is 1. The van der Waals surface area contributed by atoms with Crippen molar-refractivity contribution in [1.82, 2.24) is 14.9 Å². The minimum atomic E-state index is -1.21. The number of hydrogen-bond donors (Lipinski definition) is 2. The van der Waals surface area contributed by atoms with Crippen molar-refractivity contribution in [2.45, 2.75) is 19.8 Å². The number of anilines is 1. The molecule has 0 spiro atoms. The van der Waals surface area contributed by atoms with Crippen LogP contribution in [0, 0.1) is 5.92 Å². The van der Waals surface area contributed by atoms with E-state index < -0.39 is 11.9 Å². The van der Waals surface area contributed by atoms with Crippen LogP contribution in [-0.4, -0.2) is 50.8 Å². The molecule has 2 heterocycles. The van der Waals surface area contributed by atoms with Gasteiger partial charge in [0.15, 0.2) is 5.69 Å². The highest BCUT2D eigenvalue weighted by molar-refractivity contribution is 6.03. The first-order valence-electron chi connectivity index (χ1n) is 8.70. The van der Waals surface area contributed by atoms with Crippen LogP contribution in [0.15, 0.2) is 36.7 Å². The van der Waals surface area contributed by atoms with Crippen molar-refractivity contribution in [3.8, 4) is 0 Å². The largest absolute Gasteiger partial charge is 0.476 e.